The fourth-order valence-corrected chi connectivity index (χ4v) is 5.80. The summed E-state index contributed by atoms with van der Waals surface area (Å²) in [5.41, 5.74) is 0.880. The predicted octanol–water partition coefficient (Wildman–Crippen LogP) is 4.57. The molecule has 0 bridgehead atoms. The summed E-state index contributed by atoms with van der Waals surface area (Å²) in [6.45, 7) is 0. The van der Waals surface area contributed by atoms with Gasteiger partial charge in [0.05, 0.1) is 39.4 Å². The van der Waals surface area contributed by atoms with E-state index in [-0.39, 0.29) is 40.8 Å². The van der Waals surface area contributed by atoms with E-state index < -0.39 is 43.2 Å². The number of aliphatic hydroxyl groups is 2. The number of allylic oxidation sites excluding steroid dienone is 8. The topological polar surface area (TPSA) is 199 Å². The second-order valence-corrected chi connectivity index (χ2v) is 12.1. The molecule has 0 saturated heterocycles. The monoisotopic (exact) mass is 588 g/mol. The molecular formula is C26H28N4O8S2. The Labute approximate surface area is 231 Å². The molecule has 40 heavy (non-hydrogen) atoms. The molecule has 4 unspecified atom stereocenters. The van der Waals surface area contributed by atoms with Crippen LogP contribution in [0.2, 0.25) is 0 Å². The van der Waals surface area contributed by atoms with Crippen LogP contribution in [0, 0.1) is 5.92 Å². The van der Waals surface area contributed by atoms with Gasteiger partial charge < -0.3 is 10.2 Å². The first-order valence-electron chi connectivity index (χ1n) is 12.3. The van der Waals surface area contributed by atoms with E-state index in [1.54, 1.807) is 36.5 Å². The Morgan fingerprint density at radius 1 is 0.800 bits per heavy atom. The van der Waals surface area contributed by atoms with Gasteiger partial charge in [-0.2, -0.15) is 37.3 Å². The number of hydrogen-bond acceptors (Lipinski definition) is 10. The summed E-state index contributed by atoms with van der Waals surface area (Å²) in [7, 11) is -9.28. The summed E-state index contributed by atoms with van der Waals surface area (Å²) in [4.78, 5) is -0.738. The van der Waals surface area contributed by atoms with Crippen LogP contribution in [0.4, 0.5) is 0 Å². The fraction of sp³-hybridized carbons (Fsp3) is 0.308. The Morgan fingerprint density at radius 2 is 1.50 bits per heavy atom. The average Bonchev–Trinajstić information content (AvgIpc) is 2.90. The third kappa shape index (κ3) is 7.99. The van der Waals surface area contributed by atoms with Crippen molar-refractivity contribution < 1.29 is 36.2 Å². The van der Waals surface area contributed by atoms with Gasteiger partial charge in [0.2, 0.25) is 0 Å². The Hall–Kier alpha value is -3.56. The van der Waals surface area contributed by atoms with Gasteiger partial charge in [0.25, 0.3) is 20.2 Å². The van der Waals surface area contributed by atoms with Gasteiger partial charge in [-0.1, -0.05) is 42.5 Å². The van der Waals surface area contributed by atoms with E-state index in [2.05, 4.69) is 20.5 Å². The summed E-state index contributed by atoms with van der Waals surface area (Å²) < 4.78 is 68.1. The first-order valence-corrected chi connectivity index (χ1v) is 15.2. The van der Waals surface area contributed by atoms with Crippen LogP contribution in [0.3, 0.4) is 0 Å². The first-order chi connectivity index (χ1) is 18.9. The molecule has 0 aromatic rings. The van der Waals surface area contributed by atoms with Crippen LogP contribution >= 0.6 is 0 Å². The third-order valence-electron chi connectivity index (χ3n) is 6.29. The standard InChI is InChI=1S/C26H28N4O8S2/c31-23-11-7-19(8-12-23)27-29-21-5-3-17(25(15-21)39(33,34)35)1-2-18-4-6-22(16-26(18)40(36,37)38)30-28-20-9-13-24(32)14-10-20/h1-3,6-9,11,13-16,18,20-21,23,31-32H,4-5,10,12H2,(H,33,34,35)(H,36,37,38)/b2-1+,29-27?,30-28?. The van der Waals surface area contributed by atoms with Crippen LogP contribution < -0.4 is 0 Å². The molecule has 12 nitrogen and oxygen atoms in total. The molecule has 212 valence electrons. The molecule has 0 radical (unpaired) electrons. The van der Waals surface area contributed by atoms with Crippen molar-refractivity contribution in [1.29, 1.82) is 0 Å². The van der Waals surface area contributed by atoms with Gasteiger partial charge in [-0.05, 0) is 61.6 Å². The molecule has 4 aliphatic rings. The van der Waals surface area contributed by atoms with Gasteiger partial charge in [-0.3, -0.25) is 9.11 Å². The molecule has 0 heterocycles. The highest BCUT2D eigenvalue weighted by molar-refractivity contribution is 7.90. The first kappa shape index (κ1) is 29.4. The Kier molecular flexibility index (Phi) is 9.05. The zero-order chi connectivity index (χ0) is 28.9. The molecule has 4 rings (SSSR count). The number of aliphatic hydroxyl groups excluding tert-OH is 2. The summed E-state index contributed by atoms with van der Waals surface area (Å²) >= 11 is 0. The van der Waals surface area contributed by atoms with Gasteiger partial charge in [0.1, 0.15) is 5.76 Å². The summed E-state index contributed by atoms with van der Waals surface area (Å²) in [5, 5.41) is 35.3. The van der Waals surface area contributed by atoms with Crippen LogP contribution in [0.5, 0.6) is 0 Å². The highest BCUT2D eigenvalue weighted by Gasteiger charge is 2.27. The SMILES string of the molecule is O=S(=O)(O)C1=CC(N=NC2=CCC(O)C=C2)CC=C1/C=C/C1CC=C(N=NC2C=CC(O)=CC2)C=C1S(=O)(=O)O. The van der Waals surface area contributed by atoms with E-state index in [1.807, 2.05) is 0 Å². The van der Waals surface area contributed by atoms with E-state index in [1.165, 1.54) is 36.5 Å². The van der Waals surface area contributed by atoms with Gasteiger partial charge in [-0.25, -0.2) is 0 Å². The van der Waals surface area contributed by atoms with Gasteiger partial charge in [0, 0.05) is 5.92 Å². The second kappa shape index (κ2) is 12.3. The number of rotatable bonds is 8. The quantitative estimate of drug-likeness (QED) is 0.233. The zero-order valence-corrected chi connectivity index (χ0v) is 22.7. The predicted molar refractivity (Wildman–Crippen MR) is 147 cm³/mol. The van der Waals surface area contributed by atoms with Crippen molar-refractivity contribution in [2.45, 2.75) is 43.9 Å². The lowest BCUT2D eigenvalue weighted by Crippen LogP contribution is -2.15. The van der Waals surface area contributed by atoms with Crippen LogP contribution in [0.1, 0.15) is 25.7 Å². The highest BCUT2D eigenvalue weighted by atomic mass is 32.2. The van der Waals surface area contributed by atoms with E-state index in [0.717, 1.165) is 0 Å². The molecule has 0 aromatic carbocycles. The lowest BCUT2D eigenvalue weighted by Gasteiger charge is -2.19. The Bertz CT molecular complexity index is 1590. The van der Waals surface area contributed by atoms with Crippen molar-refractivity contribution in [2.24, 2.45) is 26.4 Å². The third-order valence-corrected chi connectivity index (χ3v) is 8.23. The molecule has 4 aliphatic carbocycles. The van der Waals surface area contributed by atoms with Gasteiger partial charge in [0.15, 0.2) is 0 Å². The fourth-order valence-electron chi connectivity index (χ4n) is 4.19. The van der Waals surface area contributed by atoms with Crippen LogP contribution in [0.25, 0.3) is 0 Å². The maximum Gasteiger partial charge on any atom is 0.294 e. The second-order valence-electron chi connectivity index (χ2n) is 9.33. The molecule has 0 saturated carbocycles. The lowest BCUT2D eigenvalue weighted by atomic mass is 9.96. The van der Waals surface area contributed by atoms with E-state index in [4.69, 9.17) is 0 Å². The molecule has 14 heteroatoms. The highest BCUT2D eigenvalue weighted by Crippen LogP contribution is 2.32. The minimum Gasteiger partial charge on any atom is -0.508 e. The maximum absolute atomic E-state index is 12.1. The largest absolute Gasteiger partial charge is 0.508 e. The van der Waals surface area contributed by atoms with Gasteiger partial charge >= 0.3 is 0 Å². The number of hydrogen-bond donors (Lipinski definition) is 4. The van der Waals surface area contributed by atoms with E-state index >= 15 is 0 Å². The van der Waals surface area contributed by atoms with Crippen molar-refractivity contribution in [1.82, 2.24) is 0 Å². The van der Waals surface area contributed by atoms with Gasteiger partial charge in [-0.15, -0.1) is 0 Å². The van der Waals surface area contributed by atoms with E-state index in [0.29, 0.717) is 18.5 Å². The van der Waals surface area contributed by atoms with Crippen molar-refractivity contribution in [2.75, 3.05) is 0 Å². The van der Waals surface area contributed by atoms with Crippen molar-refractivity contribution in [3.8, 4) is 0 Å². The van der Waals surface area contributed by atoms with Crippen LogP contribution in [-0.2, 0) is 20.2 Å². The summed E-state index contributed by atoms with van der Waals surface area (Å²) in [5.74, 6) is -0.702. The lowest BCUT2D eigenvalue weighted by molar-refractivity contribution is 0.225. The summed E-state index contributed by atoms with van der Waals surface area (Å²) in [6, 6.07) is -1.000. The molecule has 0 aromatic heterocycles. The van der Waals surface area contributed by atoms with Crippen molar-refractivity contribution in [3.05, 3.63) is 105 Å². The molecular weight excluding hydrogens is 560 g/mol. The molecule has 4 atom stereocenters. The van der Waals surface area contributed by atoms with Crippen LogP contribution in [-0.4, -0.2) is 54.3 Å². The Morgan fingerprint density at radius 3 is 2.15 bits per heavy atom. The zero-order valence-electron chi connectivity index (χ0n) is 21.1. The van der Waals surface area contributed by atoms with E-state index in [9.17, 15) is 36.2 Å². The minimum absolute atomic E-state index is 0.127. The average molecular weight is 589 g/mol. The molecule has 0 aliphatic heterocycles. The normalized spacial score (nSPS) is 27.9. The smallest absolute Gasteiger partial charge is 0.294 e. The Balaban J connectivity index is 1.50. The maximum atomic E-state index is 12.1. The number of nitrogens with zero attached hydrogens (tertiary/aromatic N) is 4. The molecule has 0 amide bonds. The molecule has 0 fully saturated rings. The molecule has 4 N–H and O–H groups in total. The van der Waals surface area contributed by atoms with Crippen molar-refractivity contribution in [3.63, 3.8) is 0 Å². The van der Waals surface area contributed by atoms with Crippen molar-refractivity contribution >= 4 is 20.2 Å². The minimum atomic E-state index is -4.65. The van der Waals surface area contributed by atoms with Crippen LogP contribution in [0.15, 0.2) is 126 Å². The summed E-state index contributed by atoms with van der Waals surface area (Å²) in [6.07, 6.45) is 18.6. The number of azo groups is 2. The molecule has 0 spiro atoms.